The molecule has 7 nitrogen and oxygen atoms in total. The Hall–Kier alpha value is -3.74. The fourth-order valence-electron chi connectivity index (χ4n) is 4.49. The second-order valence-electron chi connectivity index (χ2n) is 9.02. The van der Waals surface area contributed by atoms with Gasteiger partial charge in [-0.1, -0.05) is 6.58 Å². The van der Waals surface area contributed by atoms with Crippen LogP contribution in [0.15, 0.2) is 45.6 Å². The summed E-state index contributed by atoms with van der Waals surface area (Å²) in [5.74, 6) is 1.84. The number of benzene rings is 2. The molecule has 0 atom stereocenters. The Morgan fingerprint density at radius 3 is 2.40 bits per heavy atom. The first-order valence-corrected chi connectivity index (χ1v) is 11.6. The number of aryl methyl sites for hydroxylation is 2. The van der Waals surface area contributed by atoms with Gasteiger partial charge in [0.1, 0.15) is 17.9 Å². The van der Waals surface area contributed by atoms with Crippen LogP contribution in [-0.2, 0) is 24.2 Å². The second kappa shape index (κ2) is 9.86. The summed E-state index contributed by atoms with van der Waals surface area (Å²) in [7, 11) is 3.20. The van der Waals surface area contributed by atoms with Crippen molar-refractivity contribution in [2.45, 2.75) is 40.2 Å². The number of fused-ring (bicyclic) bond motifs is 2. The second-order valence-corrected chi connectivity index (χ2v) is 9.02. The van der Waals surface area contributed by atoms with E-state index in [0.717, 1.165) is 33.2 Å². The van der Waals surface area contributed by atoms with Crippen LogP contribution in [0.5, 0.6) is 17.2 Å². The molecule has 4 rings (SSSR count). The minimum Gasteiger partial charge on any atom is -0.493 e. The number of carbonyl (C=O) groups excluding carboxylic acids is 1. The van der Waals surface area contributed by atoms with Crippen LogP contribution in [0.3, 0.4) is 0 Å². The van der Waals surface area contributed by atoms with Gasteiger partial charge >= 0.3 is 5.63 Å². The largest absolute Gasteiger partial charge is 0.493 e. The standard InChI is InChI=1S/C28H31NO6/c1-16(2)15-34-23-8-7-21-17(3)22(28(31)35-27(21)18(23)4)13-26(30)29-10-9-19-11-24(32-5)25(33-6)12-20(19)14-29/h7-8,11-12H,1,9-10,13-15H2,2-6H3. The lowest BCUT2D eigenvalue weighted by molar-refractivity contribution is -0.131. The minimum atomic E-state index is -0.493. The smallest absolute Gasteiger partial charge is 0.340 e. The molecule has 0 fully saturated rings. The number of hydrogen-bond acceptors (Lipinski definition) is 6. The first-order valence-electron chi connectivity index (χ1n) is 11.6. The summed E-state index contributed by atoms with van der Waals surface area (Å²) in [6.07, 6.45) is 0.693. The molecule has 2 heterocycles. The fraction of sp³-hybridized carbons (Fsp3) is 0.357. The van der Waals surface area contributed by atoms with E-state index in [4.69, 9.17) is 18.6 Å². The predicted octanol–water partition coefficient (Wildman–Crippen LogP) is 4.51. The lowest BCUT2D eigenvalue weighted by Gasteiger charge is -2.30. The Balaban J connectivity index is 1.59. The predicted molar refractivity (Wildman–Crippen MR) is 135 cm³/mol. The maximum atomic E-state index is 13.2. The van der Waals surface area contributed by atoms with Gasteiger partial charge in [0, 0.05) is 24.0 Å². The van der Waals surface area contributed by atoms with E-state index in [1.54, 1.807) is 19.1 Å². The van der Waals surface area contributed by atoms with Gasteiger partial charge < -0.3 is 23.5 Å². The van der Waals surface area contributed by atoms with Gasteiger partial charge in [-0.25, -0.2) is 4.79 Å². The SMILES string of the molecule is C=C(C)COc1ccc2c(C)c(CC(=O)N3CCc4cc(OC)c(OC)cc4C3)c(=O)oc2c1C. The molecule has 1 aliphatic heterocycles. The molecule has 0 radical (unpaired) electrons. The molecule has 1 aromatic heterocycles. The molecule has 1 aliphatic rings. The van der Waals surface area contributed by atoms with Crippen LogP contribution in [0.25, 0.3) is 11.0 Å². The van der Waals surface area contributed by atoms with Crippen LogP contribution in [0.4, 0.5) is 0 Å². The van der Waals surface area contributed by atoms with Crippen molar-refractivity contribution in [2.75, 3.05) is 27.4 Å². The number of carbonyl (C=O) groups is 1. The maximum absolute atomic E-state index is 13.2. The number of nitrogens with zero attached hydrogens (tertiary/aromatic N) is 1. The zero-order valence-corrected chi connectivity index (χ0v) is 20.9. The van der Waals surface area contributed by atoms with E-state index in [2.05, 4.69) is 6.58 Å². The number of hydrogen-bond donors (Lipinski definition) is 0. The van der Waals surface area contributed by atoms with Gasteiger partial charge in [-0.3, -0.25) is 4.79 Å². The summed E-state index contributed by atoms with van der Waals surface area (Å²) in [6.45, 7) is 10.9. The van der Waals surface area contributed by atoms with E-state index >= 15 is 0 Å². The quantitative estimate of drug-likeness (QED) is 0.368. The highest BCUT2D eigenvalue weighted by atomic mass is 16.5. The molecule has 1 amide bonds. The van der Waals surface area contributed by atoms with Crippen molar-refractivity contribution in [3.63, 3.8) is 0 Å². The molecule has 3 aromatic rings. The van der Waals surface area contributed by atoms with Gasteiger partial charge in [0.05, 0.1) is 26.2 Å². The average molecular weight is 478 g/mol. The normalized spacial score (nSPS) is 12.9. The number of amides is 1. The zero-order chi connectivity index (χ0) is 25.3. The molecular formula is C28H31NO6. The van der Waals surface area contributed by atoms with Gasteiger partial charge in [-0.05, 0) is 73.7 Å². The van der Waals surface area contributed by atoms with Crippen LogP contribution in [-0.4, -0.2) is 38.2 Å². The molecule has 35 heavy (non-hydrogen) atoms. The van der Waals surface area contributed by atoms with Gasteiger partial charge in [0.2, 0.25) is 5.91 Å². The third kappa shape index (κ3) is 4.76. The molecule has 7 heteroatoms. The van der Waals surface area contributed by atoms with Crippen molar-refractivity contribution >= 4 is 16.9 Å². The van der Waals surface area contributed by atoms with Crippen molar-refractivity contribution < 1.29 is 23.4 Å². The molecule has 0 saturated carbocycles. The Labute approximate surface area is 204 Å². The molecule has 184 valence electrons. The van der Waals surface area contributed by atoms with Gasteiger partial charge in [0.25, 0.3) is 0 Å². The van der Waals surface area contributed by atoms with E-state index < -0.39 is 5.63 Å². The third-order valence-corrected chi connectivity index (χ3v) is 6.53. The first-order chi connectivity index (χ1) is 16.7. The van der Waals surface area contributed by atoms with Gasteiger partial charge in [-0.15, -0.1) is 0 Å². The van der Waals surface area contributed by atoms with Crippen LogP contribution in [0.1, 0.15) is 34.7 Å². The summed E-state index contributed by atoms with van der Waals surface area (Å²) < 4.78 is 22.3. The highest BCUT2D eigenvalue weighted by Crippen LogP contribution is 2.34. The molecule has 0 N–H and O–H groups in total. The van der Waals surface area contributed by atoms with E-state index in [-0.39, 0.29) is 12.3 Å². The van der Waals surface area contributed by atoms with Crippen molar-refractivity contribution in [1.82, 2.24) is 4.90 Å². The minimum absolute atomic E-state index is 0.0142. The molecule has 0 bridgehead atoms. The molecule has 2 aromatic carbocycles. The van der Waals surface area contributed by atoms with Crippen LogP contribution in [0, 0.1) is 13.8 Å². The summed E-state index contributed by atoms with van der Waals surface area (Å²) in [5, 5.41) is 0.799. The van der Waals surface area contributed by atoms with Crippen molar-refractivity contribution in [2.24, 2.45) is 0 Å². The Bertz CT molecular complexity index is 1370. The summed E-state index contributed by atoms with van der Waals surface area (Å²) in [5.41, 5.74) is 4.92. The fourth-order valence-corrected chi connectivity index (χ4v) is 4.49. The van der Waals surface area contributed by atoms with Crippen molar-refractivity contribution in [3.05, 3.63) is 74.7 Å². The lowest BCUT2D eigenvalue weighted by Crippen LogP contribution is -2.37. The number of ether oxygens (including phenoxy) is 3. The highest BCUT2D eigenvalue weighted by Gasteiger charge is 2.25. The van der Waals surface area contributed by atoms with Crippen LogP contribution < -0.4 is 19.8 Å². The Kier molecular flexibility index (Phi) is 6.87. The Morgan fingerprint density at radius 2 is 1.74 bits per heavy atom. The number of rotatable bonds is 7. The van der Waals surface area contributed by atoms with E-state index in [1.807, 2.05) is 45.0 Å². The third-order valence-electron chi connectivity index (χ3n) is 6.53. The molecule has 0 spiro atoms. The van der Waals surface area contributed by atoms with Crippen molar-refractivity contribution in [1.29, 1.82) is 0 Å². The monoisotopic (exact) mass is 477 g/mol. The summed E-state index contributed by atoms with van der Waals surface area (Å²) in [6, 6.07) is 7.62. The van der Waals surface area contributed by atoms with Gasteiger partial charge in [-0.2, -0.15) is 0 Å². The van der Waals surface area contributed by atoms with E-state index in [1.165, 1.54) is 0 Å². The van der Waals surface area contributed by atoms with Crippen LogP contribution >= 0.6 is 0 Å². The zero-order valence-electron chi connectivity index (χ0n) is 20.9. The Morgan fingerprint density at radius 1 is 1.06 bits per heavy atom. The topological polar surface area (TPSA) is 78.2 Å². The summed E-state index contributed by atoms with van der Waals surface area (Å²) in [4.78, 5) is 27.9. The van der Waals surface area contributed by atoms with Crippen LogP contribution in [0.2, 0.25) is 0 Å². The molecule has 0 aliphatic carbocycles. The average Bonchev–Trinajstić information content (AvgIpc) is 2.85. The van der Waals surface area contributed by atoms with Gasteiger partial charge in [0.15, 0.2) is 11.5 Å². The summed E-state index contributed by atoms with van der Waals surface area (Å²) >= 11 is 0. The van der Waals surface area contributed by atoms with Crippen molar-refractivity contribution in [3.8, 4) is 17.2 Å². The van der Waals surface area contributed by atoms with E-state index in [9.17, 15) is 9.59 Å². The highest BCUT2D eigenvalue weighted by molar-refractivity contribution is 5.87. The first kappa shape index (κ1) is 24.4. The number of methoxy groups -OCH3 is 2. The lowest BCUT2D eigenvalue weighted by atomic mass is 9.97. The van der Waals surface area contributed by atoms with E-state index in [0.29, 0.717) is 54.5 Å². The molecule has 0 unspecified atom stereocenters. The molecule has 0 saturated heterocycles. The molecular weight excluding hydrogens is 446 g/mol. The maximum Gasteiger partial charge on any atom is 0.340 e.